The number of aromatic nitrogens is 2. The largest absolute Gasteiger partial charge is 0.439 e. The molecule has 0 amide bonds. The van der Waals surface area contributed by atoms with E-state index in [1.54, 1.807) is 30.6 Å². The van der Waals surface area contributed by atoms with Crippen LogP contribution in [0.15, 0.2) is 72.0 Å². The summed E-state index contributed by atoms with van der Waals surface area (Å²) in [4.78, 5) is 12.7. The van der Waals surface area contributed by atoms with Crippen LogP contribution in [-0.2, 0) is 13.0 Å². The van der Waals surface area contributed by atoms with E-state index in [4.69, 9.17) is 10.5 Å². The minimum absolute atomic E-state index is 0.357. The average molecular weight is 365 g/mol. The van der Waals surface area contributed by atoms with Crippen LogP contribution in [0.5, 0.6) is 11.6 Å². The maximum absolute atomic E-state index is 13.2. The van der Waals surface area contributed by atoms with Gasteiger partial charge in [-0.15, -0.1) is 0 Å². The summed E-state index contributed by atoms with van der Waals surface area (Å²) in [6.45, 7) is 1.06. The number of pyridine rings is 2. The zero-order valence-corrected chi connectivity index (χ0v) is 14.7. The van der Waals surface area contributed by atoms with Crippen molar-refractivity contribution in [1.82, 2.24) is 15.3 Å². The summed E-state index contributed by atoms with van der Waals surface area (Å²) in [7, 11) is 0. The first-order valence-electron chi connectivity index (χ1n) is 8.51. The molecule has 6 nitrogen and oxygen atoms in total. The number of guanidine groups is 1. The average Bonchev–Trinajstić information content (AvgIpc) is 2.68. The Balaban J connectivity index is 1.46. The second-order valence-electron chi connectivity index (χ2n) is 5.76. The lowest BCUT2D eigenvalue weighted by Gasteiger charge is -2.06. The van der Waals surface area contributed by atoms with Crippen molar-refractivity contribution >= 4 is 5.96 Å². The minimum atomic E-state index is -0.357. The second-order valence-corrected chi connectivity index (χ2v) is 5.76. The van der Waals surface area contributed by atoms with Gasteiger partial charge in [0.2, 0.25) is 5.88 Å². The van der Waals surface area contributed by atoms with Crippen molar-refractivity contribution in [1.29, 1.82) is 0 Å². The standard InChI is InChI=1S/C20H20FN5O/c21-16-4-3-6-18(12-16)27-19-8-7-15(13-25-19)14-26-20(22)24-11-9-17-5-1-2-10-23-17/h1-8,10,12-13H,9,11,14H2,(H3,22,24,26). The third-order valence-corrected chi connectivity index (χ3v) is 3.66. The van der Waals surface area contributed by atoms with E-state index in [0.717, 1.165) is 17.7 Å². The third kappa shape index (κ3) is 6.07. The summed E-state index contributed by atoms with van der Waals surface area (Å²) >= 11 is 0. The predicted molar refractivity (Wildman–Crippen MR) is 102 cm³/mol. The smallest absolute Gasteiger partial charge is 0.219 e. The molecular formula is C20H20FN5O. The van der Waals surface area contributed by atoms with E-state index < -0.39 is 0 Å². The van der Waals surface area contributed by atoms with Crippen LogP contribution in [0.1, 0.15) is 11.3 Å². The second kappa shape index (κ2) is 9.28. The fraction of sp³-hybridized carbons (Fsp3) is 0.150. The molecule has 3 aromatic rings. The van der Waals surface area contributed by atoms with Crippen molar-refractivity contribution in [2.24, 2.45) is 10.7 Å². The molecule has 0 saturated carbocycles. The molecule has 2 aromatic heterocycles. The highest BCUT2D eigenvalue weighted by molar-refractivity contribution is 5.77. The molecule has 0 bridgehead atoms. The summed E-state index contributed by atoms with van der Waals surface area (Å²) < 4.78 is 18.7. The van der Waals surface area contributed by atoms with Crippen molar-refractivity contribution in [3.63, 3.8) is 0 Å². The van der Waals surface area contributed by atoms with Gasteiger partial charge in [-0.05, 0) is 29.8 Å². The van der Waals surface area contributed by atoms with Gasteiger partial charge in [-0.2, -0.15) is 0 Å². The summed E-state index contributed by atoms with van der Waals surface area (Å²) in [6, 6.07) is 15.3. The van der Waals surface area contributed by atoms with E-state index >= 15 is 0 Å². The Bertz CT molecular complexity index is 884. The van der Waals surface area contributed by atoms with Crippen LogP contribution in [0.4, 0.5) is 4.39 Å². The van der Waals surface area contributed by atoms with E-state index in [1.165, 1.54) is 12.1 Å². The van der Waals surface area contributed by atoms with Gasteiger partial charge in [0.15, 0.2) is 5.96 Å². The number of halogens is 1. The first kappa shape index (κ1) is 18.3. The molecular weight excluding hydrogens is 345 g/mol. The Morgan fingerprint density at radius 2 is 2.04 bits per heavy atom. The molecule has 27 heavy (non-hydrogen) atoms. The fourth-order valence-corrected chi connectivity index (χ4v) is 2.31. The van der Waals surface area contributed by atoms with Crippen molar-refractivity contribution < 1.29 is 9.13 Å². The van der Waals surface area contributed by atoms with Gasteiger partial charge in [-0.3, -0.25) is 4.98 Å². The topological polar surface area (TPSA) is 85.4 Å². The molecule has 1 aromatic carbocycles. The monoisotopic (exact) mass is 365 g/mol. The van der Waals surface area contributed by atoms with Crippen LogP contribution in [-0.4, -0.2) is 22.5 Å². The van der Waals surface area contributed by atoms with E-state index in [9.17, 15) is 4.39 Å². The Labute approximate surface area is 157 Å². The zero-order chi connectivity index (χ0) is 18.9. The quantitative estimate of drug-likeness (QED) is 0.496. The highest BCUT2D eigenvalue weighted by Gasteiger charge is 2.01. The molecule has 0 aliphatic rings. The van der Waals surface area contributed by atoms with Crippen LogP contribution < -0.4 is 15.8 Å². The van der Waals surface area contributed by atoms with E-state index in [1.807, 2.05) is 24.3 Å². The molecule has 3 N–H and O–H groups in total. The fourth-order valence-electron chi connectivity index (χ4n) is 2.31. The number of benzene rings is 1. The molecule has 0 spiro atoms. The lowest BCUT2D eigenvalue weighted by Crippen LogP contribution is -2.33. The van der Waals surface area contributed by atoms with Gasteiger partial charge in [0.05, 0.1) is 6.54 Å². The lowest BCUT2D eigenvalue weighted by molar-refractivity contribution is 0.457. The van der Waals surface area contributed by atoms with Crippen LogP contribution in [0, 0.1) is 5.82 Å². The number of hydrogen-bond donors (Lipinski definition) is 2. The van der Waals surface area contributed by atoms with Crippen LogP contribution in [0.3, 0.4) is 0 Å². The number of rotatable bonds is 7. The molecule has 2 heterocycles. The lowest BCUT2D eigenvalue weighted by atomic mass is 10.3. The highest BCUT2D eigenvalue weighted by atomic mass is 19.1. The number of nitrogens with one attached hydrogen (secondary N) is 1. The van der Waals surface area contributed by atoms with Crippen molar-refractivity contribution in [3.05, 3.63) is 84.1 Å². The van der Waals surface area contributed by atoms with Gasteiger partial charge in [-0.1, -0.05) is 18.2 Å². The van der Waals surface area contributed by atoms with Gasteiger partial charge in [-0.25, -0.2) is 14.4 Å². The number of nitrogens with two attached hydrogens (primary N) is 1. The predicted octanol–water partition coefficient (Wildman–Crippen LogP) is 3.06. The highest BCUT2D eigenvalue weighted by Crippen LogP contribution is 2.20. The summed E-state index contributed by atoms with van der Waals surface area (Å²) in [5.41, 5.74) is 7.75. The van der Waals surface area contributed by atoms with Crippen LogP contribution in [0.25, 0.3) is 0 Å². The first-order valence-corrected chi connectivity index (χ1v) is 8.51. The SMILES string of the molecule is NC(=NCc1ccc(Oc2cccc(F)c2)nc1)NCCc1ccccn1. The maximum Gasteiger partial charge on any atom is 0.219 e. The van der Waals surface area contributed by atoms with E-state index in [-0.39, 0.29) is 5.82 Å². The van der Waals surface area contributed by atoms with Gasteiger partial charge in [0, 0.05) is 43.2 Å². The normalized spacial score (nSPS) is 11.2. The Hall–Kier alpha value is -3.48. The molecule has 0 aliphatic heterocycles. The van der Waals surface area contributed by atoms with Crippen molar-refractivity contribution in [2.75, 3.05) is 6.54 Å². The number of nitrogens with zero attached hydrogens (tertiary/aromatic N) is 3. The number of ether oxygens (including phenoxy) is 1. The number of aliphatic imine (C=N–C) groups is 1. The van der Waals surface area contributed by atoms with Gasteiger partial charge >= 0.3 is 0 Å². The molecule has 3 rings (SSSR count). The summed E-state index contributed by atoms with van der Waals surface area (Å²) in [5, 5.41) is 3.06. The molecule has 0 aliphatic carbocycles. The number of hydrogen-bond acceptors (Lipinski definition) is 4. The molecule has 7 heteroatoms. The third-order valence-electron chi connectivity index (χ3n) is 3.66. The van der Waals surface area contributed by atoms with E-state index in [2.05, 4.69) is 20.3 Å². The van der Waals surface area contributed by atoms with E-state index in [0.29, 0.717) is 30.7 Å². The molecule has 0 atom stereocenters. The van der Waals surface area contributed by atoms with Gasteiger partial charge in [0.25, 0.3) is 0 Å². The molecule has 0 radical (unpaired) electrons. The van der Waals surface area contributed by atoms with Crippen LogP contribution >= 0.6 is 0 Å². The Kier molecular flexibility index (Phi) is 6.30. The first-order chi connectivity index (χ1) is 13.2. The van der Waals surface area contributed by atoms with Crippen LogP contribution in [0.2, 0.25) is 0 Å². The van der Waals surface area contributed by atoms with Gasteiger partial charge < -0.3 is 15.8 Å². The minimum Gasteiger partial charge on any atom is -0.439 e. The zero-order valence-electron chi connectivity index (χ0n) is 14.7. The molecule has 138 valence electrons. The maximum atomic E-state index is 13.2. The molecule has 0 unspecified atom stereocenters. The molecule has 0 fully saturated rings. The van der Waals surface area contributed by atoms with Crippen molar-refractivity contribution in [3.8, 4) is 11.6 Å². The Morgan fingerprint density at radius 1 is 1.11 bits per heavy atom. The summed E-state index contributed by atoms with van der Waals surface area (Å²) in [6.07, 6.45) is 4.19. The van der Waals surface area contributed by atoms with Crippen molar-refractivity contribution in [2.45, 2.75) is 13.0 Å². The summed E-state index contributed by atoms with van der Waals surface area (Å²) in [5.74, 6) is 0.792. The molecule has 0 saturated heterocycles. The Morgan fingerprint density at radius 3 is 2.78 bits per heavy atom. The van der Waals surface area contributed by atoms with Gasteiger partial charge in [0.1, 0.15) is 11.6 Å².